The van der Waals surface area contributed by atoms with E-state index in [9.17, 15) is 13.2 Å². The van der Waals surface area contributed by atoms with Gasteiger partial charge in [0.15, 0.2) is 0 Å². The third-order valence-electron chi connectivity index (χ3n) is 2.40. The fourth-order valence-corrected chi connectivity index (χ4v) is 2.79. The van der Waals surface area contributed by atoms with Gasteiger partial charge in [-0.05, 0) is 30.5 Å². The van der Waals surface area contributed by atoms with E-state index in [1.165, 1.54) is 12.1 Å². The minimum atomic E-state index is -3.84. The molecule has 0 unspecified atom stereocenters. The second kappa shape index (κ2) is 6.11. The Kier molecular flexibility index (Phi) is 5.24. The van der Waals surface area contributed by atoms with Gasteiger partial charge in [-0.15, -0.1) is 0 Å². The summed E-state index contributed by atoms with van der Waals surface area (Å²) < 4.78 is 22.5. The minimum absolute atomic E-state index is 0.0847. The summed E-state index contributed by atoms with van der Waals surface area (Å²) in [5.41, 5.74) is 0.959. The first kappa shape index (κ1) is 16.3. The van der Waals surface area contributed by atoms with Crippen molar-refractivity contribution in [2.24, 2.45) is 5.92 Å². The van der Waals surface area contributed by atoms with Crippen LogP contribution >= 0.6 is 22.3 Å². The fourth-order valence-electron chi connectivity index (χ4n) is 1.57. The van der Waals surface area contributed by atoms with Crippen molar-refractivity contribution in [3.05, 3.63) is 22.7 Å². The van der Waals surface area contributed by atoms with E-state index in [-0.39, 0.29) is 21.7 Å². The Morgan fingerprint density at radius 3 is 2.37 bits per heavy atom. The molecule has 0 aliphatic heterocycles. The highest BCUT2D eigenvalue weighted by Gasteiger charge is 2.16. The van der Waals surface area contributed by atoms with Crippen molar-refractivity contribution < 1.29 is 13.2 Å². The number of anilines is 1. The molecule has 1 aromatic carbocycles. The second-order valence-corrected chi connectivity index (χ2v) is 7.65. The van der Waals surface area contributed by atoms with E-state index in [0.29, 0.717) is 17.7 Å². The van der Waals surface area contributed by atoms with Crippen molar-refractivity contribution in [3.8, 4) is 0 Å². The third kappa shape index (κ3) is 4.67. The number of rotatable bonds is 4. The lowest BCUT2D eigenvalue weighted by Gasteiger charge is -2.12. The summed E-state index contributed by atoms with van der Waals surface area (Å²) in [6.07, 6.45) is 0.366. The van der Waals surface area contributed by atoms with Crippen LogP contribution in [0.3, 0.4) is 0 Å². The van der Waals surface area contributed by atoms with Gasteiger partial charge in [0.2, 0.25) is 5.91 Å². The average Bonchev–Trinajstić information content (AvgIpc) is 2.20. The summed E-state index contributed by atoms with van der Waals surface area (Å²) in [6.45, 7) is 5.51. The van der Waals surface area contributed by atoms with E-state index in [0.717, 1.165) is 0 Å². The van der Waals surface area contributed by atoms with Crippen molar-refractivity contribution in [1.29, 1.82) is 0 Å². The van der Waals surface area contributed by atoms with Crippen LogP contribution in [0.2, 0.25) is 5.02 Å². The Hall–Kier alpha value is -0.780. The normalized spacial score (nSPS) is 11.7. The van der Waals surface area contributed by atoms with Gasteiger partial charge in [0.05, 0.1) is 15.6 Å². The zero-order valence-electron chi connectivity index (χ0n) is 10.8. The SMILES string of the molecule is Cc1cc(S(=O)(=O)Cl)cc(Cl)c1NC(=O)CC(C)C. The first-order valence-corrected chi connectivity index (χ1v) is 8.34. The van der Waals surface area contributed by atoms with E-state index < -0.39 is 9.05 Å². The standard InChI is InChI=1S/C12H15Cl2NO3S/c1-7(2)4-11(16)15-12-8(3)5-9(6-10(12)13)19(14,17)18/h5-7H,4H2,1-3H3,(H,15,16). The predicted octanol–water partition coefficient (Wildman–Crippen LogP) is 3.56. The summed E-state index contributed by atoms with van der Waals surface area (Å²) >= 11 is 5.98. The third-order valence-corrected chi connectivity index (χ3v) is 4.03. The molecule has 0 saturated carbocycles. The van der Waals surface area contributed by atoms with Crippen molar-refractivity contribution in [2.45, 2.75) is 32.1 Å². The lowest BCUT2D eigenvalue weighted by atomic mass is 10.1. The van der Waals surface area contributed by atoms with Crippen LogP contribution in [0.25, 0.3) is 0 Å². The molecule has 0 atom stereocenters. The predicted molar refractivity (Wildman–Crippen MR) is 77.3 cm³/mol. The molecule has 4 nitrogen and oxygen atoms in total. The largest absolute Gasteiger partial charge is 0.325 e. The van der Waals surface area contributed by atoms with Gasteiger partial charge in [-0.25, -0.2) is 8.42 Å². The van der Waals surface area contributed by atoms with E-state index in [1.807, 2.05) is 13.8 Å². The first-order valence-electron chi connectivity index (χ1n) is 5.66. The van der Waals surface area contributed by atoms with E-state index in [1.54, 1.807) is 6.92 Å². The molecule has 0 fully saturated rings. The molecule has 106 valence electrons. The zero-order valence-corrected chi connectivity index (χ0v) is 13.2. The quantitative estimate of drug-likeness (QED) is 0.861. The highest BCUT2D eigenvalue weighted by molar-refractivity contribution is 8.13. The molecule has 0 saturated heterocycles. The zero-order chi connectivity index (χ0) is 14.8. The Labute approximate surface area is 122 Å². The summed E-state index contributed by atoms with van der Waals surface area (Å²) in [4.78, 5) is 11.6. The Balaban J connectivity index is 3.08. The molecule has 1 aromatic rings. The molecule has 1 amide bonds. The molecule has 0 aromatic heterocycles. The van der Waals surface area contributed by atoms with Gasteiger partial charge in [0, 0.05) is 17.1 Å². The van der Waals surface area contributed by atoms with Gasteiger partial charge < -0.3 is 5.32 Å². The van der Waals surface area contributed by atoms with Crippen LogP contribution in [0.1, 0.15) is 25.8 Å². The number of halogens is 2. The second-order valence-electron chi connectivity index (χ2n) is 4.68. The Morgan fingerprint density at radius 2 is 1.95 bits per heavy atom. The average molecular weight is 324 g/mol. The topological polar surface area (TPSA) is 63.2 Å². The van der Waals surface area contributed by atoms with Crippen LogP contribution in [-0.2, 0) is 13.8 Å². The van der Waals surface area contributed by atoms with Crippen LogP contribution in [0.15, 0.2) is 17.0 Å². The van der Waals surface area contributed by atoms with Gasteiger partial charge in [-0.2, -0.15) is 0 Å². The number of nitrogens with one attached hydrogen (secondary N) is 1. The number of carbonyl (C=O) groups is 1. The fraction of sp³-hybridized carbons (Fsp3) is 0.417. The molecule has 1 rings (SSSR count). The van der Waals surface area contributed by atoms with Crippen LogP contribution in [0, 0.1) is 12.8 Å². The van der Waals surface area contributed by atoms with Crippen LogP contribution in [0.5, 0.6) is 0 Å². The summed E-state index contributed by atoms with van der Waals surface area (Å²) in [5.74, 6) is 0.0584. The maximum Gasteiger partial charge on any atom is 0.261 e. The maximum absolute atomic E-state index is 11.7. The van der Waals surface area contributed by atoms with Gasteiger partial charge in [0.1, 0.15) is 0 Å². The van der Waals surface area contributed by atoms with Gasteiger partial charge in [0.25, 0.3) is 9.05 Å². The summed E-state index contributed by atoms with van der Waals surface area (Å²) in [7, 11) is 1.42. The number of hydrogen-bond donors (Lipinski definition) is 1. The molecular formula is C12H15Cl2NO3S. The number of benzene rings is 1. The van der Waals surface area contributed by atoms with Crippen LogP contribution < -0.4 is 5.32 Å². The van der Waals surface area contributed by atoms with Crippen molar-refractivity contribution in [1.82, 2.24) is 0 Å². The first-order chi connectivity index (χ1) is 8.61. The number of hydrogen-bond acceptors (Lipinski definition) is 3. The molecule has 0 aliphatic carbocycles. The molecule has 1 N–H and O–H groups in total. The maximum atomic E-state index is 11.7. The highest BCUT2D eigenvalue weighted by Crippen LogP contribution is 2.30. The minimum Gasteiger partial charge on any atom is -0.325 e. The summed E-state index contributed by atoms with van der Waals surface area (Å²) in [5, 5.41) is 2.83. The van der Waals surface area contributed by atoms with E-state index in [2.05, 4.69) is 5.32 Å². The van der Waals surface area contributed by atoms with Crippen LogP contribution in [-0.4, -0.2) is 14.3 Å². The van der Waals surface area contributed by atoms with Crippen LogP contribution in [0.4, 0.5) is 5.69 Å². The van der Waals surface area contributed by atoms with Gasteiger partial charge >= 0.3 is 0 Å². The monoisotopic (exact) mass is 323 g/mol. The summed E-state index contributed by atoms with van der Waals surface area (Å²) in [6, 6.07) is 2.60. The van der Waals surface area contributed by atoms with Crippen molar-refractivity contribution in [3.63, 3.8) is 0 Å². The molecular weight excluding hydrogens is 309 g/mol. The van der Waals surface area contributed by atoms with E-state index >= 15 is 0 Å². The lowest BCUT2D eigenvalue weighted by molar-refractivity contribution is -0.116. The van der Waals surface area contributed by atoms with Gasteiger partial charge in [-0.3, -0.25) is 4.79 Å². The molecule has 0 spiro atoms. The molecule has 0 heterocycles. The van der Waals surface area contributed by atoms with Gasteiger partial charge in [-0.1, -0.05) is 25.4 Å². The Morgan fingerprint density at radius 1 is 1.37 bits per heavy atom. The molecule has 7 heteroatoms. The molecule has 0 bridgehead atoms. The van der Waals surface area contributed by atoms with Crippen molar-refractivity contribution in [2.75, 3.05) is 5.32 Å². The Bertz CT molecular complexity index is 574. The molecule has 0 radical (unpaired) electrons. The smallest absolute Gasteiger partial charge is 0.261 e. The van der Waals surface area contributed by atoms with E-state index in [4.69, 9.17) is 22.3 Å². The molecule has 19 heavy (non-hydrogen) atoms. The lowest BCUT2D eigenvalue weighted by Crippen LogP contribution is -2.15. The number of aryl methyl sites for hydroxylation is 1. The number of carbonyl (C=O) groups excluding carboxylic acids is 1. The highest BCUT2D eigenvalue weighted by atomic mass is 35.7. The number of amides is 1. The molecule has 0 aliphatic rings. The van der Waals surface area contributed by atoms with Crippen molar-refractivity contribution >= 4 is 42.9 Å².